The van der Waals surface area contributed by atoms with Gasteiger partial charge < -0.3 is 11.5 Å². The highest BCUT2D eigenvalue weighted by Crippen LogP contribution is 1.49. The van der Waals surface area contributed by atoms with Gasteiger partial charge in [0.05, 0.1) is 4.99 Å². The molecule has 0 atom stereocenters. The van der Waals surface area contributed by atoms with E-state index >= 15 is 0 Å². The fourth-order valence-corrected chi connectivity index (χ4v) is 0. The highest BCUT2D eigenvalue weighted by Gasteiger charge is 1.70. The lowest BCUT2D eigenvalue weighted by molar-refractivity contribution is 1.31. The average Bonchev–Trinajstić information content (AvgIpc) is 1.38. The molecule has 0 heterocycles. The molecule has 3 heteroatoms. The van der Waals surface area contributed by atoms with E-state index in [9.17, 15) is 0 Å². The molecule has 0 unspecified atom stereocenters. The normalized spacial score (nSPS) is 7.40. The van der Waals surface area contributed by atoms with E-state index in [0.717, 1.165) is 0 Å². The van der Waals surface area contributed by atoms with Gasteiger partial charge in [-0.05, 0) is 0 Å². The second kappa shape index (κ2) is 2.11. The molecule has 0 amide bonds. The summed E-state index contributed by atoms with van der Waals surface area (Å²) in [4.78, 5) is 0.366. The summed E-state index contributed by atoms with van der Waals surface area (Å²) in [5.41, 5.74) is 9.80. The van der Waals surface area contributed by atoms with Gasteiger partial charge in [-0.3, -0.25) is 0 Å². The van der Waals surface area contributed by atoms with Crippen molar-refractivity contribution in [3.05, 3.63) is 0 Å². The molecule has 0 aromatic carbocycles. The van der Waals surface area contributed by atoms with Crippen molar-refractivity contribution in [1.29, 1.82) is 0 Å². The van der Waals surface area contributed by atoms with Gasteiger partial charge in [0.15, 0.2) is 0 Å². The molecular weight excluding hydrogens is 84.1 g/mol. The largest absolute Gasteiger partial charge is 0.392 e. The highest BCUT2D eigenvalue weighted by atomic mass is 32.1. The molecule has 0 rings (SSSR count). The van der Waals surface area contributed by atoms with E-state index in [1.807, 2.05) is 0 Å². The lowest BCUT2D eigenvalue weighted by Crippen LogP contribution is -2.19. The number of nitrogens with two attached hydrogens (primary N) is 2. The minimum absolute atomic E-state index is 0.315. The van der Waals surface area contributed by atoms with Gasteiger partial charge in [0.25, 0.3) is 0 Å². The molecule has 0 spiro atoms. The van der Waals surface area contributed by atoms with Gasteiger partial charge in [0, 0.05) is 6.54 Å². The Hall–Kier alpha value is -0.150. The molecule has 5 heavy (non-hydrogen) atoms. The van der Waals surface area contributed by atoms with Crippen LogP contribution in [0.5, 0.6) is 0 Å². The fourth-order valence-electron chi connectivity index (χ4n) is 0. The first-order chi connectivity index (χ1) is 2.27. The Morgan fingerprint density at radius 3 is 2.00 bits per heavy atom. The van der Waals surface area contributed by atoms with Crippen molar-refractivity contribution in [2.24, 2.45) is 11.5 Å². The number of thiocarbonyl (C=S) groups is 1. The third kappa shape index (κ3) is 3.85. The highest BCUT2D eigenvalue weighted by molar-refractivity contribution is 7.80. The first kappa shape index (κ1) is 4.85. The van der Waals surface area contributed by atoms with Crippen LogP contribution in [0.2, 0.25) is 0 Å². The topological polar surface area (TPSA) is 52.0 Å². The van der Waals surface area contributed by atoms with Gasteiger partial charge in [-0.15, -0.1) is 0 Å². The smallest absolute Gasteiger partial charge is 0.0865 e. The summed E-state index contributed by atoms with van der Waals surface area (Å²) >= 11 is 4.35. The third-order valence-electron chi connectivity index (χ3n) is 0.201. The van der Waals surface area contributed by atoms with Gasteiger partial charge in [0.2, 0.25) is 0 Å². The van der Waals surface area contributed by atoms with Crippen LogP contribution in [-0.2, 0) is 0 Å². The van der Waals surface area contributed by atoms with E-state index < -0.39 is 0 Å². The molecule has 0 fully saturated rings. The van der Waals surface area contributed by atoms with Crippen LogP contribution in [0.25, 0.3) is 0 Å². The lowest BCUT2D eigenvalue weighted by Gasteiger charge is -1.79. The van der Waals surface area contributed by atoms with Crippen LogP contribution in [0.3, 0.4) is 0 Å². The fraction of sp³-hybridized carbons (Fsp3) is 0.500. The van der Waals surface area contributed by atoms with Crippen molar-refractivity contribution in [2.75, 3.05) is 6.54 Å². The maximum Gasteiger partial charge on any atom is 0.0865 e. The Morgan fingerprint density at radius 2 is 2.00 bits per heavy atom. The van der Waals surface area contributed by atoms with Gasteiger partial charge in [-0.25, -0.2) is 0 Å². The number of hydrogen-bond acceptors (Lipinski definition) is 2. The number of hydrogen-bond donors (Lipinski definition) is 2. The van der Waals surface area contributed by atoms with Gasteiger partial charge in [-0.2, -0.15) is 0 Å². The lowest BCUT2D eigenvalue weighted by atomic mass is 10.7. The molecule has 0 aliphatic heterocycles. The first-order valence-corrected chi connectivity index (χ1v) is 1.66. The molecule has 0 aromatic heterocycles. The molecule has 4 N–H and O–H groups in total. The molecule has 2 nitrogen and oxygen atoms in total. The zero-order chi connectivity index (χ0) is 4.28. The monoisotopic (exact) mass is 90.0 g/mol. The van der Waals surface area contributed by atoms with E-state index in [4.69, 9.17) is 11.5 Å². The average molecular weight is 90.2 g/mol. The van der Waals surface area contributed by atoms with Crippen molar-refractivity contribution in [3.63, 3.8) is 0 Å². The zero-order valence-electron chi connectivity index (χ0n) is 2.77. The zero-order valence-corrected chi connectivity index (χ0v) is 3.59. The van der Waals surface area contributed by atoms with Crippen LogP contribution in [0.15, 0.2) is 0 Å². The molecule has 30 valence electrons. The Balaban J connectivity index is 2.85. The van der Waals surface area contributed by atoms with Crippen molar-refractivity contribution < 1.29 is 0 Å². The van der Waals surface area contributed by atoms with Crippen LogP contribution in [0.1, 0.15) is 0 Å². The maximum atomic E-state index is 4.91. The molecule has 0 radical (unpaired) electrons. The minimum Gasteiger partial charge on any atom is -0.392 e. The Bertz CT molecular complexity index is 42.9. The standard InChI is InChI=1S/C2H6N2S/c3-1-2(4)5/h1,3H2,(H2,4,5). The van der Waals surface area contributed by atoms with Crippen LogP contribution < -0.4 is 11.5 Å². The van der Waals surface area contributed by atoms with E-state index in [1.165, 1.54) is 0 Å². The summed E-state index contributed by atoms with van der Waals surface area (Å²) in [6, 6.07) is 0. The van der Waals surface area contributed by atoms with Crippen molar-refractivity contribution in [1.82, 2.24) is 0 Å². The molecule has 0 aliphatic carbocycles. The van der Waals surface area contributed by atoms with Gasteiger partial charge in [-0.1, -0.05) is 12.2 Å². The SMILES string of the molecule is NCC(N)=S. The predicted molar refractivity (Wildman–Crippen MR) is 25.8 cm³/mol. The number of rotatable bonds is 1. The van der Waals surface area contributed by atoms with Crippen LogP contribution in [-0.4, -0.2) is 11.5 Å². The molecule has 0 saturated heterocycles. The summed E-state index contributed by atoms with van der Waals surface area (Å²) in [6.45, 7) is 0.315. The van der Waals surface area contributed by atoms with E-state index in [2.05, 4.69) is 12.2 Å². The summed E-state index contributed by atoms with van der Waals surface area (Å²) < 4.78 is 0. The second-order valence-corrected chi connectivity index (χ2v) is 1.19. The molecule has 0 aromatic rings. The summed E-state index contributed by atoms with van der Waals surface area (Å²) in [5, 5.41) is 0. The maximum absolute atomic E-state index is 4.91. The summed E-state index contributed by atoms with van der Waals surface area (Å²) in [5.74, 6) is 0. The third-order valence-corrected chi connectivity index (χ3v) is 0.368. The molecule has 0 aliphatic rings. The second-order valence-electron chi connectivity index (χ2n) is 0.670. The van der Waals surface area contributed by atoms with E-state index in [-0.39, 0.29) is 0 Å². The Labute approximate surface area is 36.1 Å². The van der Waals surface area contributed by atoms with E-state index in [0.29, 0.717) is 11.5 Å². The molecule has 0 saturated carbocycles. The minimum atomic E-state index is 0.315. The first-order valence-electron chi connectivity index (χ1n) is 1.25. The quantitative estimate of drug-likeness (QED) is 0.416. The molecular formula is C2H6N2S. The van der Waals surface area contributed by atoms with Gasteiger partial charge in [0.1, 0.15) is 0 Å². The van der Waals surface area contributed by atoms with E-state index in [1.54, 1.807) is 0 Å². The summed E-state index contributed by atoms with van der Waals surface area (Å²) in [6.07, 6.45) is 0. The van der Waals surface area contributed by atoms with Crippen LogP contribution in [0.4, 0.5) is 0 Å². The van der Waals surface area contributed by atoms with Crippen LogP contribution in [0, 0.1) is 0 Å². The van der Waals surface area contributed by atoms with Crippen molar-refractivity contribution in [2.45, 2.75) is 0 Å². The van der Waals surface area contributed by atoms with Gasteiger partial charge >= 0.3 is 0 Å². The Kier molecular flexibility index (Phi) is 2.05. The van der Waals surface area contributed by atoms with Crippen molar-refractivity contribution >= 4 is 17.2 Å². The Morgan fingerprint density at radius 1 is 1.80 bits per heavy atom. The predicted octanol–water partition coefficient (Wildman–Crippen LogP) is -0.769. The van der Waals surface area contributed by atoms with Crippen LogP contribution >= 0.6 is 12.2 Å². The van der Waals surface area contributed by atoms with Crippen molar-refractivity contribution in [3.8, 4) is 0 Å². The molecule has 0 bridgehead atoms. The summed E-state index contributed by atoms with van der Waals surface area (Å²) in [7, 11) is 0.